The lowest BCUT2D eigenvalue weighted by Gasteiger charge is -2.29. The van der Waals surface area contributed by atoms with Gasteiger partial charge in [-0.1, -0.05) is 13.3 Å². The minimum atomic E-state index is 0.652. The van der Waals surface area contributed by atoms with E-state index in [1.165, 1.54) is 38.6 Å². The Bertz CT molecular complexity index is 127. The first-order chi connectivity index (χ1) is 4.85. The van der Waals surface area contributed by atoms with Gasteiger partial charge in [-0.15, -0.1) is 0 Å². The largest absolute Gasteiger partial charge is 0.311 e. The molecule has 0 amide bonds. The standard InChI is InChI=1S/C9H17N/c1-2-8-3-6-10-9(7-8)4-5-9/h8,10H,2-7H2,1H3/t8-/m1/s1. The molecule has 0 aromatic heterocycles. The fourth-order valence-corrected chi connectivity index (χ4v) is 2.15. The molecule has 1 heterocycles. The molecule has 1 atom stereocenters. The van der Waals surface area contributed by atoms with Crippen molar-refractivity contribution in [2.75, 3.05) is 6.54 Å². The van der Waals surface area contributed by atoms with E-state index in [1.807, 2.05) is 0 Å². The summed E-state index contributed by atoms with van der Waals surface area (Å²) in [7, 11) is 0. The van der Waals surface area contributed by atoms with Gasteiger partial charge in [-0.2, -0.15) is 0 Å². The molecule has 2 rings (SSSR count). The topological polar surface area (TPSA) is 12.0 Å². The van der Waals surface area contributed by atoms with Gasteiger partial charge in [-0.25, -0.2) is 0 Å². The number of hydrogen-bond acceptors (Lipinski definition) is 1. The molecule has 2 fully saturated rings. The molecular formula is C9H17N. The Kier molecular flexibility index (Phi) is 1.48. The van der Waals surface area contributed by atoms with Gasteiger partial charge in [-0.05, 0) is 38.1 Å². The van der Waals surface area contributed by atoms with Crippen LogP contribution in [0.1, 0.15) is 39.0 Å². The maximum Gasteiger partial charge on any atom is 0.0185 e. The molecule has 58 valence electrons. The molecule has 1 aliphatic carbocycles. The van der Waals surface area contributed by atoms with Crippen molar-refractivity contribution in [2.24, 2.45) is 5.92 Å². The van der Waals surface area contributed by atoms with Crippen LogP contribution in [0.3, 0.4) is 0 Å². The smallest absolute Gasteiger partial charge is 0.0185 e. The average molecular weight is 139 g/mol. The number of rotatable bonds is 1. The van der Waals surface area contributed by atoms with Crippen LogP contribution in [-0.4, -0.2) is 12.1 Å². The zero-order valence-electron chi connectivity index (χ0n) is 6.82. The Labute approximate surface area is 63.2 Å². The summed E-state index contributed by atoms with van der Waals surface area (Å²) < 4.78 is 0. The number of hydrogen-bond donors (Lipinski definition) is 1. The lowest BCUT2D eigenvalue weighted by molar-refractivity contribution is 0.281. The minimum absolute atomic E-state index is 0.652. The highest BCUT2D eigenvalue weighted by atomic mass is 15.0. The Hall–Kier alpha value is -0.0400. The lowest BCUT2D eigenvalue weighted by atomic mass is 9.89. The van der Waals surface area contributed by atoms with Crippen LogP contribution in [-0.2, 0) is 0 Å². The summed E-state index contributed by atoms with van der Waals surface area (Å²) in [6.45, 7) is 3.60. The van der Waals surface area contributed by atoms with Crippen LogP contribution in [0.25, 0.3) is 0 Å². The Balaban J connectivity index is 1.91. The zero-order chi connectivity index (χ0) is 7.03. The summed E-state index contributed by atoms with van der Waals surface area (Å²) in [6.07, 6.45) is 7.16. The third kappa shape index (κ3) is 1.07. The average Bonchev–Trinajstić information content (AvgIpc) is 2.70. The molecule has 1 spiro atoms. The molecular weight excluding hydrogens is 122 g/mol. The van der Waals surface area contributed by atoms with E-state index in [-0.39, 0.29) is 0 Å². The van der Waals surface area contributed by atoms with E-state index in [0.717, 1.165) is 5.92 Å². The molecule has 0 bridgehead atoms. The summed E-state index contributed by atoms with van der Waals surface area (Å²) >= 11 is 0. The van der Waals surface area contributed by atoms with E-state index >= 15 is 0 Å². The highest BCUT2D eigenvalue weighted by Gasteiger charge is 2.45. The van der Waals surface area contributed by atoms with E-state index in [1.54, 1.807) is 0 Å². The van der Waals surface area contributed by atoms with Crippen LogP contribution in [0.15, 0.2) is 0 Å². The van der Waals surface area contributed by atoms with Crippen molar-refractivity contribution in [1.82, 2.24) is 5.32 Å². The van der Waals surface area contributed by atoms with Gasteiger partial charge in [0.1, 0.15) is 0 Å². The van der Waals surface area contributed by atoms with Gasteiger partial charge < -0.3 is 5.32 Å². The fraction of sp³-hybridized carbons (Fsp3) is 1.00. The third-order valence-electron chi connectivity index (χ3n) is 3.16. The summed E-state index contributed by atoms with van der Waals surface area (Å²) in [4.78, 5) is 0. The second-order valence-corrected chi connectivity index (χ2v) is 3.97. The van der Waals surface area contributed by atoms with Crippen LogP contribution in [0.4, 0.5) is 0 Å². The summed E-state index contributed by atoms with van der Waals surface area (Å²) in [5.74, 6) is 1.03. The van der Waals surface area contributed by atoms with Crippen LogP contribution in [0, 0.1) is 5.92 Å². The first-order valence-corrected chi connectivity index (χ1v) is 4.60. The van der Waals surface area contributed by atoms with Crippen LogP contribution in [0.5, 0.6) is 0 Å². The Morgan fingerprint density at radius 2 is 2.30 bits per heavy atom. The predicted octanol–water partition coefficient (Wildman–Crippen LogP) is 1.93. The first-order valence-electron chi connectivity index (χ1n) is 4.60. The van der Waals surface area contributed by atoms with Crippen molar-refractivity contribution in [3.63, 3.8) is 0 Å². The Morgan fingerprint density at radius 3 is 2.90 bits per heavy atom. The van der Waals surface area contributed by atoms with E-state index < -0.39 is 0 Å². The normalized spacial score (nSPS) is 36.3. The highest BCUT2D eigenvalue weighted by Crippen LogP contribution is 2.44. The molecule has 0 aromatic carbocycles. The molecule has 1 saturated heterocycles. The molecule has 1 saturated carbocycles. The number of nitrogens with one attached hydrogen (secondary N) is 1. The van der Waals surface area contributed by atoms with Crippen molar-refractivity contribution < 1.29 is 0 Å². The maximum atomic E-state index is 3.63. The Morgan fingerprint density at radius 1 is 1.50 bits per heavy atom. The zero-order valence-corrected chi connectivity index (χ0v) is 6.82. The van der Waals surface area contributed by atoms with Gasteiger partial charge in [0, 0.05) is 5.54 Å². The monoisotopic (exact) mass is 139 g/mol. The highest BCUT2D eigenvalue weighted by molar-refractivity contribution is 5.04. The van der Waals surface area contributed by atoms with Crippen molar-refractivity contribution >= 4 is 0 Å². The molecule has 1 N–H and O–H groups in total. The van der Waals surface area contributed by atoms with Gasteiger partial charge in [0.15, 0.2) is 0 Å². The lowest BCUT2D eigenvalue weighted by Crippen LogP contribution is -2.39. The van der Waals surface area contributed by atoms with Crippen molar-refractivity contribution in [3.05, 3.63) is 0 Å². The molecule has 2 aliphatic rings. The van der Waals surface area contributed by atoms with Crippen molar-refractivity contribution in [2.45, 2.75) is 44.6 Å². The second kappa shape index (κ2) is 2.23. The number of piperidine rings is 1. The van der Waals surface area contributed by atoms with E-state index in [0.29, 0.717) is 5.54 Å². The van der Waals surface area contributed by atoms with Gasteiger partial charge in [0.2, 0.25) is 0 Å². The van der Waals surface area contributed by atoms with Gasteiger partial charge in [0.25, 0.3) is 0 Å². The minimum Gasteiger partial charge on any atom is -0.311 e. The van der Waals surface area contributed by atoms with Crippen LogP contribution < -0.4 is 5.32 Å². The third-order valence-corrected chi connectivity index (χ3v) is 3.16. The fourth-order valence-electron chi connectivity index (χ4n) is 2.15. The quantitative estimate of drug-likeness (QED) is 0.585. The van der Waals surface area contributed by atoms with Crippen molar-refractivity contribution in [1.29, 1.82) is 0 Å². The van der Waals surface area contributed by atoms with Gasteiger partial charge in [-0.3, -0.25) is 0 Å². The SMILES string of the molecule is CC[C@@H]1CCNC2(CC2)C1. The van der Waals surface area contributed by atoms with E-state index in [4.69, 9.17) is 0 Å². The van der Waals surface area contributed by atoms with Gasteiger partial charge in [0.05, 0.1) is 0 Å². The first kappa shape index (κ1) is 6.66. The van der Waals surface area contributed by atoms with Gasteiger partial charge >= 0.3 is 0 Å². The molecule has 1 heteroatoms. The molecule has 0 aromatic rings. The maximum absolute atomic E-state index is 3.63. The predicted molar refractivity (Wildman–Crippen MR) is 43.0 cm³/mol. The van der Waals surface area contributed by atoms with E-state index in [2.05, 4.69) is 12.2 Å². The molecule has 10 heavy (non-hydrogen) atoms. The summed E-state index contributed by atoms with van der Waals surface area (Å²) in [5.41, 5.74) is 0.652. The molecule has 1 aliphatic heterocycles. The summed E-state index contributed by atoms with van der Waals surface area (Å²) in [5, 5.41) is 3.63. The molecule has 0 unspecified atom stereocenters. The van der Waals surface area contributed by atoms with Crippen LogP contribution in [0.2, 0.25) is 0 Å². The van der Waals surface area contributed by atoms with Crippen molar-refractivity contribution in [3.8, 4) is 0 Å². The van der Waals surface area contributed by atoms with Crippen LogP contribution >= 0.6 is 0 Å². The van der Waals surface area contributed by atoms with E-state index in [9.17, 15) is 0 Å². The second-order valence-electron chi connectivity index (χ2n) is 3.97. The molecule has 1 nitrogen and oxygen atoms in total. The summed E-state index contributed by atoms with van der Waals surface area (Å²) in [6, 6.07) is 0. The molecule has 0 radical (unpaired) electrons.